The van der Waals surface area contributed by atoms with Gasteiger partial charge in [-0.2, -0.15) is 18.3 Å². The summed E-state index contributed by atoms with van der Waals surface area (Å²) in [6, 6.07) is 16.6. The number of alkyl halides is 3. The van der Waals surface area contributed by atoms with Gasteiger partial charge in [-0.1, -0.05) is 42.5 Å². The topological polar surface area (TPSA) is 56.2 Å². The van der Waals surface area contributed by atoms with E-state index in [1.165, 1.54) is 7.05 Å². The van der Waals surface area contributed by atoms with Crippen molar-refractivity contribution in [3.63, 3.8) is 0 Å². The summed E-state index contributed by atoms with van der Waals surface area (Å²) < 4.78 is 45.5. The molecule has 0 aliphatic carbocycles. The Labute approximate surface area is 159 Å². The number of amides is 1. The van der Waals surface area contributed by atoms with Crippen molar-refractivity contribution in [3.05, 3.63) is 83.2 Å². The largest absolute Gasteiger partial charge is 0.489 e. The molecule has 3 aromatic rings. The van der Waals surface area contributed by atoms with E-state index in [0.29, 0.717) is 6.61 Å². The van der Waals surface area contributed by atoms with Gasteiger partial charge in [0.1, 0.15) is 12.4 Å². The van der Waals surface area contributed by atoms with Crippen molar-refractivity contribution >= 4 is 5.91 Å². The molecule has 0 aliphatic rings. The van der Waals surface area contributed by atoms with Gasteiger partial charge in [0.25, 0.3) is 5.91 Å². The van der Waals surface area contributed by atoms with Crippen LogP contribution in [-0.2, 0) is 26.4 Å². The van der Waals surface area contributed by atoms with Crippen molar-refractivity contribution in [3.8, 4) is 5.75 Å². The quantitative estimate of drug-likeness (QED) is 0.695. The number of hydrogen-bond donors (Lipinski definition) is 1. The lowest BCUT2D eigenvalue weighted by Gasteiger charge is -2.09. The van der Waals surface area contributed by atoms with Gasteiger partial charge in [0.2, 0.25) is 0 Å². The molecule has 0 radical (unpaired) electrons. The summed E-state index contributed by atoms with van der Waals surface area (Å²) in [5.74, 6) is -0.0623. The number of benzene rings is 2. The molecular weight excluding hydrogens is 371 g/mol. The van der Waals surface area contributed by atoms with Crippen LogP contribution in [0.4, 0.5) is 13.2 Å². The van der Waals surface area contributed by atoms with Gasteiger partial charge in [-0.3, -0.25) is 9.48 Å². The number of aromatic nitrogens is 2. The van der Waals surface area contributed by atoms with E-state index >= 15 is 0 Å². The first-order chi connectivity index (χ1) is 13.3. The van der Waals surface area contributed by atoms with Crippen molar-refractivity contribution in [1.82, 2.24) is 15.1 Å². The standard InChI is InChI=1S/C20H18F3N3O2/c1-26-12-17(18(25-26)20(21,22)23)19(27)24-11-14-7-9-15(10-8-14)13-28-16-5-3-2-4-6-16/h2-10,12H,11,13H2,1H3,(H,24,27). The Morgan fingerprint density at radius 1 is 1.07 bits per heavy atom. The molecule has 1 aromatic heterocycles. The van der Waals surface area contributed by atoms with E-state index in [-0.39, 0.29) is 6.54 Å². The van der Waals surface area contributed by atoms with E-state index < -0.39 is 23.3 Å². The third kappa shape index (κ3) is 4.91. The fourth-order valence-electron chi connectivity index (χ4n) is 2.58. The number of aryl methyl sites for hydroxylation is 1. The van der Waals surface area contributed by atoms with Crippen molar-refractivity contribution in [2.75, 3.05) is 0 Å². The third-order valence-electron chi connectivity index (χ3n) is 3.97. The maximum atomic E-state index is 13.0. The van der Waals surface area contributed by atoms with Crippen LogP contribution < -0.4 is 10.1 Å². The molecule has 5 nitrogen and oxygen atoms in total. The van der Waals surface area contributed by atoms with E-state index in [2.05, 4.69) is 10.4 Å². The van der Waals surface area contributed by atoms with Gasteiger partial charge in [-0.05, 0) is 23.3 Å². The number of carbonyl (C=O) groups is 1. The second-order valence-electron chi connectivity index (χ2n) is 6.16. The maximum Gasteiger partial charge on any atom is 0.435 e. The van der Waals surface area contributed by atoms with Gasteiger partial charge < -0.3 is 10.1 Å². The molecule has 3 rings (SSSR count). The molecule has 28 heavy (non-hydrogen) atoms. The monoisotopic (exact) mass is 389 g/mol. The average molecular weight is 389 g/mol. The molecule has 1 N–H and O–H groups in total. The fourth-order valence-corrected chi connectivity index (χ4v) is 2.58. The van der Waals surface area contributed by atoms with Crippen LogP contribution in [-0.4, -0.2) is 15.7 Å². The molecule has 0 saturated heterocycles. The predicted molar refractivity (Wildman–Crippen MR) is 96.6 cm³/mol. The number of hydrogen-bond acceptors (Lipinski definition) is 3. The van der Waals surface area contributed by atoms with Crippen LogP contribution in [0.25, 0.3) is 0 Å². The molecule has 1 heterocycles. The fraction of sp³-hybridized carbons (Fsp3) is 0.200. The Morgan fingerprint density at radius 2 is 1.71 bits per heavy atom. The number of nitrogens with zero attached hydrogens (tertiary/aromatic N) is 2. The highest BCUT2D eigenvalue weighted by Crippen LogP contribution is 2.30. The Morgan fingerprint density at radius 3 is 2.36 bits per heavy atom. The summed E-state index contributed by atoms with van der Waals surface area (Å²) in [7, 11) is 1.34. The van der Waals surface area contributed by atoms with E-state index in [1.807, 2.05) is 42.5 Å². The Hall–Kier alpha value is -3.29. The maximum absolute atomic E-state index is 13.0. The van der Waals surface area contributed by atoms with Crippen LogP contribution in [0, 0.1) is 0 Å². The van der Waals surface area contributed by atoms with Crippen LogP contribution in [0.2, 0.25) is 0 Å². The van der Waals surface area contributed by atoms with E-state index in [0.717, 1.165) is 27.8 Å². The van der Waals surface area contributed by atoms with Crippen LogP contribution in [0.1, 0.15) is 27.2 Å². The first-order valence-corrected chi connectivity index (χ1v) is 8.47. The first kappa shape index (κ1) is 19.5. The summed E-state index contributed by atoms with van der Waals surface area (Å²) in [4.78, 5) is 12.1. The molecule has 146 valence electrons. The van der Waals surface area contributed by atoms with Crippen molar-refractivity contribution in [2.24, 2.45) is 7.05 Å². The average Bonchev–Trinajstić information content (AvgIpc) is 3.08. The summed E-state index contributed by atoms with van der Waals surface area (Å²) in [5, 5.41) is 5.83. The van der Waals surface area contributed by atoms with Crippen LogP contribution in [0.15, 0.2) is 60.8 Å². The SMILES string of the molecule is Cn1cc(C(=O)NCc2ccc(COc3ccccc3)cc2)c(C(F)(F)F)n1. The number of rotatable bonds is 6. The van der Waals surface area contributed by atoms with E-state index in [4.69, 9.17) is 4.74 Å². The lowest BCUT2D eigenvalue weighted by molar-refractivity contribution is -0.141. The predicted octanol–water partition coefficient (Wildman–Crippen LogP) is 3.95. The third-order valence-corrected chi connectivity index (χ3v) is 3.97. The Kier molecular flexibility index (Phi) is 5.67. The molecule has 8 heteroatoms. The van der Waals surface area contributed by atoms with E-state index in [9.17, 15) is 18.0 Å². The zero-order valence-electron chi connectivity index (χ0n) is 15.0. The number of nitrogens with one attached hydrogen (secondary N) is 1. The molecule has 1 amide bonds. The molecule has 0 aliphatic heterocycles. The molecule has 0 saturated carbocycles. The van der Waals surface area contributed by atoms with Crippen LogP contribution in [0.5, 0.6) is 5.75 Å². The van der Waals surface area contributed by atoms with Gasteiger partial charge >= 0.3 is 6.18 Å². The van der Waals surface area contributed by atoms with Gasteiger partial charge in [0.05, 0.1) is 5.56 Å². The summed E-state index contributed by atoms with van der Waals surface area (Å²) in [6.45, 7) is 0.492. The van der Waals surface area contributed by atoms with Crippen LogP contribution >= 0.6 is 0 Å². The second-order valence-corrected chi connectivity index (χ2v) is 6.16. The number of ether oxygens (including phenoxy) is 1. The van der Waals surface area contributed by atoms with Gasteiger partial charge in [-0.15, -0.1) is 0 Å². The lowest BCUT2D eigenvalue weighted by Crippen LogP contribution is -2.25. The van der Waals surface area contributed by atoms with Gasteiger partial charge in [0, 0.05) is 19.8 Å². The minimum atomic E-state index is -4.69. The minimum absolute atomic E-state index is 0.102. The molecule has 0 unspecified atom stereocenters. The van der Waals surface area contributed by atoms with Crippen molar-refractivity contribution in [1.29, 1.82) is 0 Å². The summed E-state index contributed by atoms with van der Waals surface area (Å²) in [6.07, 6.45) is -3.63. The van der Waals surface area contributed by atoms with Crippen LogP contribution in [0.3, 0.4) is 0 Å². The Bertz CT molecular complexity index is 936. The van der Waals surface area contributed by atoms with Gasteiger partial charge in [-0.25, -0.2) is 0 Å². The lowest BCUT2D eigenvalue weighted by atomic mass is 10.1. The number of halogens is 3. The number of carbonyl (C=O) groups excluding carboxylic acids is 1. The minimum Gasteiger partial charge on any atom is -0.489 e. The highest BCUT2D eigenvalue weighted by Gasteiger charge is 2.38. The first-order valence-electron chi connectivity index (χ1n) is 8.47. The molecular formula is C20H18F3N3O2. The smallest absolute Gasteiger partial charge is 0.435 e. The highest BCUT2D eigenvalue weighted by molar-refractivity contribution is 5.95. The Balaban J connectivity index is 1.57. The summed E-state index contributed by atoms with van der Waals surface area (Å²) >= 11 is 0. The molecule has 0 atom stereocenters. The summed E-state index contributed by atoms with van der Waals surface area (Å²) in [5.41, 5.74) is 0.00333. The molecule has 0 spiro atoms. The van der Waals surface area contributed by atoms with Crippen molar-refractivity contribution < 1.29 is 22.7 Å². The second kappa shape index (κ2) is 8.16. The zero-order chi connectivity index (χ0) is 20.1. The normalized spacial score (nSPS) is 11.3. The van der Waals surface area contributed by atoms with Gasteiger partial charge in [0.15, 0.2) is 5.69 Å². The molecule has 0 fully saturated rings. The number of para-hydroxylation sites is 1. The van der Waals surface area contributed by atoms with E-state index in [1.54, 1.807) is 12.1 Å². The highest BCUT2D eigenvalue weighted by atomic mass is 19.4. The molecule has 2 aromatic carbocycles. The molecule has 0 bridgehead atoms. The van der Waals surface area contributed by atoms with Crippen molar-refractivity contribution in [2.45, 2.75) is 19.3 Å². The zero-order valence-corrected chi connectivity index (χ0v) is 15.0.